The molecular formula is C19H26N2O2. The highest BCUT2D eigenvalue weighted by molar-refractivity contribution is 5.44. The molecule has 0 aliphatic heterocycles. The van der Waals surface area contributed by atoms with Crippen molar-refractivity contribution in [3.05, 3.63) is 60.7 Å². The number of nitrogens with zero attached hydrogens (tertiary/aromatic N) is 2. The topological polar surface area (TPSA) is 35.9 Å². The summed E-state index contributed by atoms with van der Waals surface area (Å²) in [6.45, 7) is 2.69. The van der Waals surface area contributed by atoms with Gasteiger partial charge in [0.1, 0.15) is 18.5 Å². The lowest BCUT2D eigenvalue weighted by Crippen LogP contribution is -2.37. The largest absolute Gasteiger partial charge is 0.491 e. The Balaban J connectivity index is 1.66. The predicted octanol–water partition coefficient (Wildman–Crippen LogP) is 2.49. The van der Waals surface area contributed by atoms with Crippen molar-refractivity contribution in [2.45, 2.75) is 6.10 Å². The minimum atomic E-state index is -0.498. The van der Waals surface area contributed by atoms with Crippen LogP contribution in [0.1, 0.15) is 0 Å². The molecule has 2 aromatic carbocycles. The van der Waals surface area contributed by atoms with Crippen LogP contribution in [0.5, 0.6) is 5.75 Å². The third kappa shape index (κ3) is 6.30. The van der Waals surface area contributed by atoms with Crippen LogP contribution in [-0.2, 0) is 0 Å². The number of rotatable bonds is 9. The molecule has 0 fully saturated rings. The van der Waals surface area contributed by atoms with Gasteiger partial charge in [0, 0.05) is 32.4 Å². The SMILES string of the molecule is CN(CCN(C)c1ccccc1)C[C@@H](O)COc1ccccc1. The van der Waals surface area contributed by atoms with Crippen LogP contribution in [0.4, 0.5) is 5.69 Å². The van der Waals surface area contributed by atoms with Gasteiger partial charge in [-0.1, -0.05) is 36.4 Å². The Morgan fingerprint density at radius 3 is 2.17 bits per heavy atom. The minimum absolute atomic E-state index is 0.308. The Hall–Kier alpha value is -2.04. The van der Waals surface area contributed by atoms with Crippen molar-refractivity contribution < 1.29 is 9.84 Å². The molecule has 0 aromatic heterocycles. The average Bonchev–Trinajstić information content (AvgIpc) is 2.59. The van der Waals surface area contributed by atoms with E-state index in [2.05, 4.69) is 29.0 Å². The lowest BCUT2D eigenvalue weighted by molar-refractivity contribution is 0.0771. The number of para-hydroxylation sites is 2. The smallest absolute Gasteiger partial charge is 0.119 e. The zero-order valence-electron chi connectivity index (χ0n) is 13.9. The molecule has 0 amide bonds. The quantitative estimate of drug-likeness (QED) is 0.771. The van der Waals surface area contributed by atoms with Gasteiger partial charge < -0.3 is 19.6 Å². The molecule has 2 rings (SSSR count). The molecule has 0 heterocycles. The van der Waals surface area contributed by atoms with Gasteiger partial charge in [-0.05, 0) is 31.3 Å². The van der Waals surface area contributed by atoms with Gasteiger partial charge in [0.2, 0.25) is 0 Å². The van der Waals surface area contributed by atoms with Crippen LogP contribution in [0.25, 0.3) is 0 Å². The molecule has 4 nitrogen and oxygen atoms in total. The number of aliphatic hydroxyl groups is 1. The molecule has 0 unspecified atom stereocenters. The summed E-state index contributed by atoms with van der Waals surface area (Å²) in [5.41, 5.74) is 1.20. The molecular weight excluding hydrogens is 288 g/mol. The third-order valence-corrected chi connectivity index (χ3v) is 3.72. The Morgan fingerprint density at radius 2 is 1.52 bits per heavy atom. The molecule has 0 aliphatic rings. The van der Waals surface area contributed by atoms with E-state index in [1.165, 1.54) is 5.69 Å². The molecule has 124 valence electrons. The summed E-state index contributed by atoms with van der Waals surface area (Å²) < 4.78 is 5.58. The van der Waals surface area contributed by atoms with E-state index < -0.39 is 6.10 Å². The van der Waals surface area contributed by atoms with E-state index in [1.807, 2.05) is 55.6 Å². The average molecular weight is 314 g/mol. The van der Waals surface area contributed by atoms with E-state index in [0.29, 0.717) is 13.2 Å². The van der Waals surface area contributed by atoms with Crippen molar-refractivity contribution in [3.8, 4) is 5.75 Å². The molecule has 0 radical (unpaired) electrons. The van der Waals surface area contributed by atoms with Crippen molar-refractivity contribution in [2.75, 3.05) is 45.2 Å². The van der Waals surface area contributed by atoms with Crippen molar-refractivity contribution in [2.24, 2.45) is 0 Å². The fraction of sp³-hybridized carbons (Fsp3) is 0.368. The second-order valence-electron chi connectivity index (χ2n) is 5.80. The second-order valence-corrected chi connectivity index (χ2v) is 5.80. The lowest BCUT2D eigenvalue weighted by Gasteiger charge is -2.25. The summed E-state index contributed by atoms with van der Waals surface area (Å²) in [6.07, 6.45) is -0.498. The maximum absolute atomic E-state index is 10.1. The number of anilines is 1. The highest BCUT2D eigenvalue weighted by Crippen LogP contribution is 2.11. The van der Waals surface area contributed by atoms with E-state index in [9.17, 15) is 5.11 Å². The summed E-state index contributed by atoms with van der Waals surface area (Å²) in [5.74, 6) is 0.790. The van der Waals surface area contributed by atoms with E-state index >= 15 is 0 Å². The van der Waals surface area contributed by atoms with Gasteiger partial charge in [0.25, 0.3) is 0 Å². The molecule has 1 N–H and O–H groups in total. The standard InChI is InChI=1S/C19H26N2O2/c1-20(13-14-21(2)17-9-5-3-6-10-17)15-18(22)16-23-19-11-7-4-8-12-19/h3-12,18,22H,13-16H2,1-2H3/t18-/m1/s1. The second kappa shape index (κ2) is 9.18. The van der Waals surface area contributed by atoms with Crippen LogP contribution in [-0.4, -0.2) is 56.4 Å². The van der Waals surface area contributed by atoms with E-state index in [1.54, 1.807) is 0 Å². The highest BCUT2D eigenvalue weighted by atomic mass is 16.5. The van der Waals surface area contributed by atoms with Crippen LogP contribution >= 0.6 is 0 Å². The number of hydrogen-bond donors (Lipinski definition) is 1. The molecule has 2 aromatic rings. The molecule has 0 bridgehead atoms. The van der Waals surface area contributed by atoms with Gasteiger partial charge in [0.05, 0.1) is 0 Å². The molecule has 0 saturated carbocycles. The zero-order chi connectivity index (χ0) is 16.5. The summed E-state index contributed by atoms with van der Waals surface area (Å²) in [7, 11) is 4.10. The van der Waals surface area contributed by atoms with Gasteiger partial charge >= 0.3 is 0 Å². The van der Waals surface area contributed by atoms with Crippen LogP contribution in [0.2, 0.25) is 0 Å². The maximum Gasteiger partial charge on any atom is 0.119 e. The first kappa shape index (κ1) is 17.3. The van der Waals surface area contributed by atoms with Crippen molar-refractivity contribution >= 4 is 5.69 Å². The minimum Gasteiger partial charge on any atom is -0.491 e. The van der Waals surface area contributed by atoms with E-state index in [-0.39, 0.29) is 0 Å². The first-order valence-corrected chi connectivity index (χ1v) is 7.96. The fourth-order valence-corrected chi connectivity index (χ4v) is 2.35. The number of ether oxygens (including phenoxy) is 1. The van der Waals surface area contributed by atoms with Gasteiger partial charge in [-0.15, -0.1) is 0 Å². The van der Waals surface area contributed by atoms with Crippen LogP contribution in [0.3, 0.4) is 0 Å². The highest BCUT2D eigenvalue weighted by Gasteiger charge is 2.10. The maximum atomic E-state index is 10.1. The van der Waals surface area contributed by atoms with E-state index in [4.69, 9.17) is 4.74 Å². The fourth-order valence-electron chi connectivity index (χ4n) is 2.35. The van der Waals surface area contributed by atoms with Gasteiger partial charge in [-0.2, -0.15) is 0 Å². The van der Waals surface area contributed by atoms with Gasteiger partial charge in [-0.25, -0.2) is 0 Å². The summed E-state index contributed by atoms with van der Waals surface area (Å²) in [5, 5.41) is 10.1. The summed E-state index contributed by atoms with van der Waals surface area (Å²) >= 11 is 0. The monoisotopic (exact) mass is 314 g/mol. The normalized spacial score (nSPS) is 12.2. The Bertz CT molecular complexity index is 548. The molecule has 4 heteroatoms. The number of benzene rings is 2. The molecule has 0 spiro atoms. The number of likely N-dealkylation sites (N-methyl/N-ethyl adjacent to an activating group) is 2. The Labute approximate surface area is 138 Å². The molecule has 1 atom stereocenters. The van der Waals surface area contributed by atoms with Crippen molar-refractivity contribution in [3.63, 3.8) is 0 Å². The summed E-state index contributed by atoms with van der Waals surface area (Å²) in [4.78, 5) is 4.34. The van der Waals surface area contributed by atoms with Crippen molar-refractivity contribution in [1.29, 1.82) is 0 Å². The predicted molar refractivity (Wildman–Crippen MR) is 95.2 cm³/mol. The number of aliphatic hydroxyl groups excluding tert-OH is 1. The van der Waals surface area contributed by atoms with Gasteiger partial charge in [0.15, 0.2) is 0 Å². The van der Waals surface area contributed by atoms with Crippen LogP contribution in [0, 0.1) is 0 Å². The third-order valence-electron chi connectivity index (χ3n) is 3.72. The van der Waals surface area contributed by atoms with Crippen LogP contribution in [0.15, 0.2) is 60.7 Å². The van der Waals surface area contributed by atoms with Gasteiger partial charge in [-0.3, -0.25) is 0 Å². The molecule has 0 saturated heterocycles. The van der Waals surface area contributed by atoms with E-state index in [0.717, 1.165) is 18.8 Å². The first-order chi connectivity index (χ1) is 11.1. The summed E-state index contributed by atoms with van der Waals surface area (Å²) in [6, 6.07) is 19.9. The Kier molecular flexibility index (Phi) is 6.91. The number of hydrogen-bond acceptors (Lipinski definition) is 4. The van der Waals surface area contributed by atoms with Crippen molar-refractivity contribution in [1.82, 2.24) is 4.90 Å². The van der Waals surface area contributed by atoms with Crippen LogP contribution < -0.4 is 9.64 Å². The molecule has 0 aliphatic carbocycles. The lowest BCUT2D eigenvalue weighted by atomic mass is 10.3. The Morgan fingerprint density at radius 1 is 0.913 bits per heavy atom. The molecule has 23 heavy (non-hydrogen) atoms. The first-order valence-electron chi connectivity index (χ1n) is 7.96. The zero-order valence-corrected chi connectivity index (χ0v) is 13.9.